The number of carboxylic acid groups (broad SMARTS) is 1. The fourth-order valence-corrected chi connectivity index (χ4v) is 2.81. The van der Waals surface area contributed by atoms with Gasteiger partial charge in [-0.15, -0.1) is 0 Å². The predicted molar refractivity (Wildman–Crippen MR) is 115 cm³/mol. The highest BCUT2D eigenvalue weighted by atomic mass is 16.5. The number of rotatable bonds is 13. The number of allylic oxidation sites excluding steroid dienone is 1. The van der Waals surface area contributed by atoms with Gasteiger partial charge in [-0.3, -0.25) is 0 Å². The molecule has 162 valence electrons. The van der Waals surface area contributed by atoms with E-state index in [0.717, 1.165) is 23.6 Å². The third kappa shape index (κ3) is 8.14. The smallest absolute Gasteiger partial charge is 0.327 e. The van der Waals surface area contributed by atoms with Crippen molar-refractivity contribution in [1.29, 1.82) is 0 Å². The number of aliphatic carboxylic acids is 1. The number of hydrogen-bond donors (Lipinski definition) is 3. The minimum Gasteiger partial charge on any atom is -0.493 e. The van der Waals surface area contributed by atoms with Gasteiger partial charge in [-0.1, -0.05) is 24.3 Å². The molecule has 0 aliphatic heterocycles. The van der Waals surface area contributed by atoms with Crippen LogP contribution in [0, 0.1) is 0 Å². The third-order valence-corrected chi connectivity index (χ3v) is 4.40. The molecule has 0 saturated carbocycles. The number of carboxylic acids is 1. The van der Waals surface area contributed by atoms with E-state index in [9.17, 15) is 9.90 Å². The van der Waals surface area contributed by atoms with Gasteiger partial charge in [-0.25, -0.2) is 4.79 Å². The molecule has 0 amide bonds. The summed E-state index contributed by atoms with van der Waals surface area (Å²) in [5.41, 5.74) is 2.10. The Hall–Kier alpha value is -3.03. The molecule has 7 nitrogen and oxygen atoms in total. The number of aliphatic hydroxyl groups is 1. The molecule has 0 fully saturated rings. The molecular formula is C23H29NO6. The SMILES string of the molecule is COc1ccc(CCNCC(O)COc2ccc(CC=CC(=O)O)cc2)cc1OC. The lowest BCUT2D eigenvalue weighted by atomic mass is 10.1. The van der Waals surface area contributed by atoms with E-state index in [1.54, 1.807) is 32.4 Å². The lowest BCUT2D eigenvalue weighted by Crippen LogP contribution is -2.32. The molecule has 0 heterocycles. The maximum absolute atomic E-state index is 10.5. The molecule has 0 spiro atoms. The molecule has 0 radical (unpaired) electrons. The molecule has 2 rings (SSSR count). The van der Waals surface area contributed by atoms with E-state index in [4.69, 9.17) is 19.3 Å². The highest BCUT2D eigenvalue weighted by Crippen LogP contribution is 2.27. The number of carbonyl (C=O) groups is 1. The fraction of sp³-hybridized carbons (Fsp3) is 0.348. The zero-order valence-corrected chi connectivity index (χ0v) is 17.3. The monoisotopic (exact) mass is 415 g/mol. The minimum absolute atomic E-state index is 0.182. The Bertz CT molecular complexity index is 819. The Labute approximate surface area is 176 Å². The van der Waals surface area contributed by atoms with Gasteiger partial charge in [0.2, 0.25) is 0 Å². The van der Waals surface area contributed by atoms with Crippen LogP contribution >= 0.6 is 0 Å². The molecule has 1 unspecified atom stereocenters. The van der Waals surface area contributed by atoms with E-state index in [-0.39, 0.29) is 6.61 Å². The molecule has 2 aromatic rings. The third-order valence-electron chi connectivity index (χ3n) is 4.40. The van der Waals surface area contributed by atoms with Gasteiger partial charge >= 0.3 is 5.97 Å². The summed E-state index contributed by atoms with van der Waals surface area (Å²) in [5, 5.41) is 21.9. The summed E-state index contributed by atoms with van der Waals surface area (Å²) < 4.78 is 16.1. The molecule has 7 heteroatoms. The Morgan fingerprint density at radius 3 is 2.43 bits per heavy atom. The molecule has 3 N–H and O–H groups in total. The van der Waals surface area contributed by atoms with Crippen LogP contribution in [0.25, 0.3) is 0 Å². The molecule has 2 aromatic carbocycles. The average Bonchev–Trinajstić information content (AvgIpc) is 2.75. The number of aliphatic hydroxyl groups excluding tert-OH is 1. The van der Waals surface area contributed by atoms with Crippen molar-refractivity contribution in [1.82, 2.24) is 5.32 Å². The van der Waals surface area contributed by atoms with Crippen molar-refractivity contribution in [3.63, 3.8) is 0 Å². The van der Waals surface area contributed by atoms with Gasteiger partial charge in [0, 0.05) is 12.6 Å². The highest BCUT2D eigenvalue weighted by Gasteiger charge is 2.07. The molecule has 1 atom stereocenters. The first-order valence-corrected chi connectivity index (χ1v) is 9.72. The fourth-order valence-electron chi connectivity index (χ4n) is 2.81. The van der Waals surface area contributed by atoms with Crippen LogP contribution in [0.3, 0.4) is 0 Å². The van der Waals surface area contributed by atoms with Gasteiger partial charge in [0.15, 0.2) is 11.5 Å². The van der Waals surface area contributed by atoms with Crippen LogP contribution in [0.2, 0.25) is 0 Å². The van der Waals surface area contributed by atoms with Gasteiger partial charge in [-0.2, -0.15) is 0 Å². The first kappa shape index (κ1) is 23.3. The van der Waals surface area contributed by atoms with Gasteiger partial charge < -0.3 is 29.7 Å². The normalized spacial score (nSPS) is 12.0. The minimum atomic E-state index is -0.957. The van der Waals surface area contributed by atoms with Crippen LogP contribution in [0.4, 0.5) is 0 Å². The first-order chi connectivity index (χ1) is 14.5. The molecule has 0 saturated heterocycles. The van der Waals surface area contributed by atoms with E-state index in [0.29, 0.717) is 36.8 Å². The van der Waals surface area contributed by atoms with Crippen molar-refractivity contribution in [3.8, 4) is 17.2 Å². The van der Waals surface area contributed by atoms with Crippen molar-refractivity contribution in [3.05, 3.63) is 65.7 Å². The van der Waals surface area contributed by atoms with E-state index < -0.39 is 12.1 Å². The lowest BCUT2D eigenvalue weighted by Gasteiger charge is -2.14. The second-order valence-corrected chi connectivity index (χ2v) is 6.70. The van der Waals surface area contributed by atoms with Crippen LogP contribution < -0.4 is 19.5 Å². The molecule has 0 bridgehead atoms. The van der Waals surface area contributed by atoms with Gasteiger partial charge in [-0.05, 0) is 54.8 Å². The van der Waals surface area contributed by atoms with Crippen LogP contribution in [-0.4, -0.2) is 56.2 Å². The van der Waals surface area contributed by atoms with E-state index in [1.807, 2.05) is 30.3 Å². The maximum Gasteiger partial charge on any atom is 0.327 e. The molecule has 30 heavy (non-hydrogen) atoms. The average molecular weight is 415 g/mol. The Morgan fingerprint density at radius 1 is 1.07 bits per heavy atom. The molecule has 0 aromatic heterocycles. The Morgan fingerprint density at radius 2 is 1.77 bits per heavy atom. The number of nitrogens with one attached hydrogen (secondary N) is 1. The number of hydrogen-bond acceptors (Lipinski definition) is 6. The van der Waals surface area contributed by atoms with Crippen molar-refractivity contribution in [2.45, 2.75) is 18.9 Å². The Balaban J connectivity index is 1.66. The highest BCUT2D eigenvalue weighted by molar-refractivity contribution is 5.79. The summed E-state index contributed by atoms with van der Waals surface area (Å²) in [6.45, 7) is 1.32. The summed E-state index contributed by atoms with van der Waals surface area (Å²) in [4.78, 5) is 10.5. The molecule has 0 aliphatic carbocycles. The quantitative estimate of drug-likeness (QED) is 0.342. The molecular weight excluding hydrogens is 386 g/mol. The van der Waals surface area contributed by atoms with Crippen molar-refractivity contribution in [2.75, 3.05) is 33.9 Å². The van der Waals surface area contributed by atoms with Gasteiger partial charge in [0.25, 0.3) is 0 Å². The largest absolute Gasteiger partial charge is 0.493 e. The van der Waals surface area contributed by atoms with E-state index in [2.05, 4.69) is 5.32 Å². The maximum atomic E-state index is 10.5. The van der Waals surface area contributed by atoms with Crippen molar-refractivity contribution >= 4 is 5.97 Å². The van der Waals surface area contributed by atoms with Crippen molar-refractivity contribution < 1.29 is 29.2 Å². The lowest BCUT2D eigenvalue weighted by molar-refractivity contribution is -0.131. The molecule has 0 aliphatic rings. The predicted octanol–water partition coefficient (Wildman–Crippen LogP) is 2.46. The number of methoxy groups -OCH3 is 2. The van der Waals surface area contributed by atoms with Crippen LogP contribution in [0.1, 0.15) is 11.1 Å². The van der Waals surface area contributed by atoms with Crippen LogP contribution in [0.15, 0.2) is 54.6 Å². The first-order valence-electron chi connectivity index (χ1n) is 9.72. The number of benzene rings is 2. The van der Waals surface area contributed by atoms with Gasteiger partial charge in [0.05, 0.1) is 14.2 Å². The summed E-state index contributed by atoms with van der Waals surface area (Å²) in [6, 6.07) is 13.2. The van der Waals surface area contributed by atoms with Gasteiger partial charge in [0.1, 0.15) is 18.5 Å². The summed E-state index contributed by atoms with van der Waals surface area (Å²) in [5.74, 6) is 1.10. The van der Waals surface area contributed by atoms with Crippen LogP contribution in [0.5, 0.6) is 17.2 Å². The summed E-state index contributed by atoms with van der Waals surface area (Å²) >= 11 is 0. The Kier molecular flexibility index (Phi) is 9.70. The standard InChI is InChI=1S/C23H29NO6/c1-28-21-11-8-18(14-22(21)29-2)12-13-24-15-19(25)16-30-20-9-6-17(7-10-20)4-3-5-23(26)27/h3,5-11,14,19,24-25H,4,12-13,15-16H2,1-2H3,(H,26,27). The second kappa shape index (κ2) is 12.5. The zero-order chi connectivity index (χ0) is 21.8. The topological polar surface area (TPSA) is 97.2 Å². The number of ether oxygens (including phenoxy) is 3. The van der Waals surface area contributed by atoms with E-state index >= 15 is 0 Å². The summed E-state index contributed by atoms with van der Waals surface area (Å²) in [6.07, 6.45) is 3.42. The van der Waals surface area contributed by atoms with E-state index in [1.165, 1.54) is 0 Å². The second-order valence-electron chi connectivity index (χ2n) is 6.70. The zero-order valence-electron chi connectivity index (χ0n) is 17.3. The van der Waals surface area contributed by atoms with Crippen LogP contribution in [-0.2, 0) is 17.6 Å². The summed E-state index contributed by atoms with van der Waals surface area (Å²) in [7, 11) is 3.22. The van der Waals surface area contributed by atoms with Crippen molar-refractivity contribution in [2.24, 2.45) is 0 Å².